The fraction of sp³-hybridized carbons (Fsp3) is 0.167. The number of amides is 1. The number of nitrogens with zero attached hydrogens (tertiary/aromatic N) is 1. The first-order chi connectivity index (χ1) is 14.7. The van der Waals surface area contributed by atoms with Crippen LogP contribution in [0, 0.1) is 0 Å². The number of rotatable bonds is 7. The summed E-state index contributed by atoms with van der Waals surface area (Å²) in [5.74, 6) is 1.11. The highest BCUT2D eigenvalue weighted by Gasteiger charge is 2.13. The van der Waals surface area contributed by atoms with Crippen molar-refractivity contribution in [2.45, 2.75) is 13.5 Å². The molecule has 0 aliphatic carbocycles. The Hall–Kier alpha value is -3.80. The number of fused-ring (bicyclic) bond motifs is 1. The predicted octanol–water partition coefficient (Wildman–Crippen LogP) is 4.57. The molecule has 0 aliphatic heterocycles. The first-order valence-corrected chi connectivity index (χ1v) is 9.81. The van der Waals surface area contributed by atoms with E-state index in [-0.39, 0.29) is 5.91 Å². The maximum absolute atomic E-state index is 12.6. The molecule has 1 aromatic heterocycles. The maximum atomic E-state index is 12.6. The number of carbonyl (C=O) groups excluding carboxylic acids is 1. The van der Waals surface area contributed by atoms with Crippen molar-refractivity contribution in [1.29, 1.82) is 0 Å². The molecule has 2 N–H and O–H groups in total. The summed E-state index contributed by atoms with van der Waals surface area (Å²) in [7, 11) is 1.60. The van der Waals surface area contributed by atoms with E-state index in [1.165, 1.54) is 0 Å². The predicted molar refractivity (Wildman–Crippen MR) is 117 cm³/mol. The summed E-state index contributed by atoms with van der Waals surface area (Å²) >= 11 is 0. The van der Waals surface area contributed by atoms with Crippen LogP contribution in [0.25, 0.3) is 22.0 Å². The number of hydrogen-bond acceptors (Lipinski definition) is 4. The molecule has 0 unspecified atom stereocenters. The lowest BCUT2D eigenvalue weighted by Gasteiger charge is -2.11. The molecular weight excluding hydrogens is 378 g/mol. The zero-order chi connectivity index (χ0) is 20.9. The Balaban J connectivity index is 1.49. The Labute approximate surface area is 174 Å². The van der Waals surface area contributed by atoms with Crippen molar-refractivity contribution in [1.82, 2.24) is 15.5 Å². The first kappa shape index (κ1) is 19.5. The van der Waals surface area contributed by atoms with E-state index < -0.39 is 0 Å². The fourth-order valence-electron chi connectivity index (χ4n) is 3.40. The van der Waals surface area contributed by atoms with Crippen LogP contribution < -0.4 is 14.8 Å². The molecule has 1 amide bonds. The standard InChI is InChI=1S/C24H23N3O3/c1-3-30-23-13-16(11-12-22(23)29-2)15-25-24(28)21-14-20(26-27-21)19-10-6-8-17-7-4-5-9-18(17)19/h4-14H,3,15H2,1-2H3,(H,25,28)(H,26,27). The number of benzene rings is 3. The molecule has 4 rings (SSSR count). The van der Waals surface area contributed by atoms with E-state index in [2.05, 4.69) is 33.7 Å². The average molecular weight is 401 g/mol. The highest BCUT2D eigenvalue weighted by Crippen LogP contribution is 2.29. The highest BCUT2D eigenvalue weighted by atomic mass is 16.5. The number of ether oxygens (including phenoxy) is 2. The van der Waals surface area contributed by atoms with Crippen LogP contribution >= 0.6 is 0 Å². The Morgan fingerprint density at radius 2 is 1.87 bits per heavy atom. The normalized spacial score (nSPS) is 10.7. The van der Waals surface area contributed by atoms with Gasteiger partial charge >= 0.3 is 0 Å². The summed E-state index contributed by atoms with van der Waals surface area (Å²) in [5, 5.41) is 12.3. The highest BCUT2D eigenvalue weighted by molar-refractivity contribution is 5.98. The largest absolute Gasteiger partial charge is 0.493 e. The minimum absolute atomic E-state index is 0.220. The van der Waals surface area contributed by atoms with Crippen molar-refractivity contribution in [2.75, 3.05) is 13.7 Å². The van der Waals surface area contributed by atoms with Crippen LogP contribution in [-0.4, -0.2) is 29.8 Å². The van der Waals surface area contributed by atoms with Crippen molar-refractivity contribution >= 4 is 16.7 Å². The summed E-state index contributed by atoms with van der Waals surface area (Å²) < 4.78 is 10.9. The van der Waals surface area contributed by atoms with Gasteiger partial charge in [0.25, 0.3) is 5.91 Å². The molecule has 6 heteroatoms. The van der Waals surface area contributed by atoms with Gasteiger partial charge in [0.15, 0.2) is 11.5 Å². The van der Waals surface area contributed by atoms with E-state index >= 15 is 0 Å². The van der Waals surface area contributed by atoms with Crippen LogP contribution in [-0.2, 0) is 6.54 Å². The van der Waals surface area contributed by atoms with Gasteiger partial charge in [0.1, 0.15) is 5.69 Å². The molecule has 0 radical (unpaired) electrons. The van der Waals surface area contributed by atoms with Gasteiger partial charge in [-0.15, -0.1) is 0 Å². The molecule has 3 aromatic carbocycles. The molecule has 30 heavy (non-hydrogen) atoms. The summed E-state index contributed by atoms with van der Waals surface area (Å²) in [6.07, 6.45) is 0. The second-order valence-corrected chi connectivity index (χ2v) is 6.79. The molecule has 152 valence electrons. The lowest BCUT2D eigenvalue weighted by Crippen LogP contribution is -2.23. The fourth-order valence-corrected chi connectivity index (χ4v) is 3.40. The Kier molecular flexibility index (Phi) is 5.66. The van der Waals surface area contributed by atoms with Crippen LogP contribution in [0.3, 0.4) is 0 Å². The lowest BCUT2D eigenvalue weighted by molar-refractivity contribution is 0.0946. The third kappa shape index (κ3) is 3.98. The molecule has 0 bridgehead atoms. The minimum Gasteiger partial charge on any atom is -0.493 e. The second-order valence-electron chi connectivity index (χ2n) is 6.79. The molecule has 6 nitrogen and oxygen atoms in total. The van der Waals surface area contributed by atoms with E-state index in [0.717, 1.165) is 27.6 Å². The van der Waals surface area contributed by atoms with E-state index in [0.29, 0.717) is 30.3 Å². The van der Waals surface area contributed by atoms with Crippen LogP contribution in [0.4, 0.5) is 0 Å². The summed E-state index contributed by atoms with van der Waals surface area (Å²) in [4.78, 5) is 12.6. The van der Waals surface area contributed by atoms with E-state index in [4.69, 9.17) is 9.47 Å². The van der Waals surface area contributed by atoms with Crippen LogP contribution in [0.5, 0.6) is 11.5 Å². The van der Waals surface area contributed by atoms with Gasteiger partial charge in [-0.25, -0.2) is 0 Å². The molecule has 0 aliphatic rings. The number of aromatic nitrogens is 2. The molecule has 0 saturated heterocycles. The lowest BCUT2D eigenvalue weighted by atomic mass is 10.0. The molecular formula is C24H23N3O3. The molecule has 4 aromatic rings. The Morgan fingerprint density at radius 3 is 2.70 bits per heavy atom. The SMILES string of the molecule is CCOc1cc(CNC(=O)c2cc(-c3cccc4ccccc34)n[nH]2)ccc1OC. The zero-order valence-corrected chi connectivity index (χ0v) is 16.9. The number of methoxy groups -OCH3 is 1. The third-order valence-corrected chi connectivity index (χ3v) is 4.87. The van der Waals surface area contributed by atoms with Crippen LogP contribution in [0.15, 0.2) is 66.7 Å². The first-order valence-electron chi connectivity index (χ1n) is 9.81. The van der Waals surface area contributed by atoms with Crippen molar-refractivity contribution in [3.8, 4) is 22.8 Å². The van der Waals surface area contributed by atoms with Crippen molar-refractivity contribution in [3.63, 3.8) is 0 Å². The van der Waals surface area contributed by atoms with Crippen molar-refractivity contribution < 1.29 is 14.3 Å². The van der Waals surface area contributed by atoms with Crippen molar-refractivity contribution in [3.05, 3.63) is 78.0 Å². The van der Waals surface area contributed by atoms with Gasteiger partial charge in [0.05, 0.1) is 19.4 Å². The summed E-state index contributed by atoms with van der Waals surface area (Å²) in [6.45, 7) is 2.82. The van der Waals surface area contributed by atoms with Gasteiger partial charge in [0, 0.05) is 12.1 Å². The van der Waals surface area contributed by atoms with E-state index in [1.54, 1.807) is 13.2 Å². The zero-order valence-electron chi connectivity index (χ0n) is 16.9. The molecule has 0 saturated carbocycles. The van der Waals surface area contributed by atoms with Crippen molar-refractivity contribution in [2.24, 2.45) is 0 Å². The van der Waals surface area contributed by atoms with Gasteiger partial charge in [-0.1, -0.05) is 48.5 Å². The van der Waals surface area contributed by atoms with E-state index in [1.807, 2.05) is 49.4 Å². The monoisotopic (exact) mass is 401 g/mol. The number of H-pyrrole nitrogens is 1. The van der Waals surface area contributed by atoms with Gasteiger partial charge in [0.2, 0.25) is 0 Å². The number of carbonyl (C=O) groups is 1. The Morgan fingerprint density at radius 1 is 1.03 bits per heavy atom. The number of nitrogens with one attached hydrogen (secondary N) is 2. The van der Waals surface area contributed by atoms with E-state index in [9.17, 15) is 4.79 Å². The molecule has 1 heterocycles. The van der Waals surface area contributed by atoms with Gasteiger partial charge < -0.3 is 14.8 Å². The smallest absolute Gasteiger partial charge is 0.269 e. The second kappa shape index (κ2) is 8.69. The molecule has 0 spiro atoms. The molecule has 0 fully saturated rings. The summed E-state index contributed by atoms with van der Waals surface area (Å²) in [5.41, 5.74) is 3.05. The number of hydrogen-bond donors (Lipinski definition) is 2. The quantitative estimate of drug-likeness (QED) is 0.476. The maximum Gasteiger partial charge on any atom is 0.269 e. The molecule has 0 atom stereocenters. The van der Waals surface area contributed by atoms with Crippen LogP contribution in [0.2, 0.25) is 0 Å². The van der Waals surface area contributed by atoms with Gasteiger partial charge in [-0.3, -0.25) is 9.89 Å². The average Bonchev–Trinajstić information content (AvgIpc) is 3.28. The van der Waals surface area contributed by atoms with Gasteiger partial charge in [-0.05, 0) is 41.5 Å². The summed E-state index contributed by atoms with van der Waals surface area (Å²) in [6, 6.07) is 21.6. The third-order valence-electron chi connectivity index (χ3n) is 4.87. The Bertz CT molecular complexity index is 1180. The van der Waals surface area contributed by atoms with Crippen LogP contribution in [0.1, 0.15) is 23.0 Å². The minimum atomic E-state index is -0.220. The number of aromatic amines is 1. The topological polar surface area (TPSA) is 76.2 Å². The van der Waals surface area contributed by atoms with Gasteiger partial charge in [-0.2, -0.15) is 5.10 Å².